The van der Waals surface area contributed by atoms with Gasteiger partial charge in [0.25, 0.3) is 5.91 Å². The maximum atomic E-state index is 12.6. The molecule has 2 aromatic rings. The number of hydrogen-bond acceptors (Lipinski definition) is 7. The second kappa shape index (κ2) is 10.1. The number of hydrogen-bond donors (Lipinski definition) is 3. The van der Waals surface area contributed by atoms with Crippen molar-refractivity contribution in [3.05, 3.63) is 59.5 Å². The van der Waals surface area contributed by atoms with E-state index in [1.165, 1.54) is 21.1 Å². The fourth-order valence-electron chi connectivity index (χ4n) is 2.45. The van der Waals surface area contributed by atoms with Gasteiger partial charge < -0.3 is 25.6 Å². The summed E-state index contributed by atoms with van der Waals surface area (Å²) in [6.07, 6.45) is 0.669. The van der Waals surface area contributed by atoms with Crippen molar-refractivity contribution < 1.29 is 19.4 Å². The van der Waals surface area contributed by atoms with Gasteiger partial charge in [0.1, 0.15) is 22.9 Å². The average Bonchev–Trinajstić information content (AvgIpc) is 2.68. The topological polar surface area (TPSA) is 119 Å². The molecule has 0 fully saturated rings. The van der Waals surface area contributed by atoms with Crippen LogP contribution in [0, 0.1) is 0 Å². The molecule has 2 aromatic carbocycles. The third kappa shape index (κ3) is 5.31. The first-order valence-corrected chi connectivity index (χ1v) is 8.63. The van der Waals surface area contributed by atoms with E-state index in [0.29, 0.717) is 35.8 Å². The molecule has 1 amide bonds. The van der Waals surface area contributed by atoms with E-state index in [4.69, 9.17) is 15.2 Å². The fourth-order valence-corrected chi connectivity index (χ4v) is 2.45. The molecule has 148 valence electrons. The number of benzene rings is 2. The first kappa shape index (κ1) is 20.9. The lowest BCUT2D eigenvalue weighted by molar-refractivity contribution is -0.113. The van der Waals surface area contributed by atoms with E-state index in [9.17, 15) is 9.90 Å². The van der Waals surface area contributed by atoms with Gasteiger partial charge in [-0.15, -0.1) is 10.2 Å². The Hall–Kier alpha value is -3.39. The minimum atomic E-state index is -0.620. The molecule has 0 aliphatic carbocycles. The maximum absolute atomic E-state index is 12.6. The number of aliphatic hydroxyl groups excluding tert-OH is 1. The molecule has 0 atom stereocenters. The third-order valence-electron chi connectivity index (χ3n) is 3.85. The van der Waals surface area contributed by atoms with Crippen LogP contribution in [0.2, 0.25) is 0 Å². The molecule has 0 spiro atoms. The summed E-state index contributed by atoms with van der Waals surface area (Å²) in [4.78, 5) is 12.6. The number of azo groups is 1. The van der Waals surface area contributed by atoms with Gasteiger partial charge in [0, 0.05) is 0 Å². The lowest BCUT2D eigenvalue weighted by Gasteiger charge is -2.10. The number of ether oxygens (including phenoxy) is 2. The first-order chi connectivity index (χ1) is 13.5. The monoisotopic (exact) mass is 384 g/mol. The molecule has 0 saturated heterocycles. The molecule has 0 bridgehead atoms. The molecular weight excluding hydrogens is 360 g/mol. The highest BCUT2D eigenvalue weighted by Crippen LogP contribution is 2.30. The standard InChI is InChI=1S/C20H24N4O4/c1-13(25)19(20(26)22-15-6-4-5-7-17(15)27-2)24-23-16-12-14(10-11-21)8-9-18(16)28-3/h4-9,12,25H,10-11,21H2,1-3H3,(H,22,26). The Kier molecular flexibility index (Phi) is 7.53. The second-order valence-corrected chi connectivity index (χ2v) is 5.83. The molecule has 8 heteroatoms. The quantitative estimate of drug-likeness (QED) is 0.364. The highest BCUT2D eigenvalue weighted by molar-refractivity contribution is 6.04. The number of aliphatic hydroxyl groups is 1. The second-order valence-electron chi connectivity index (χ2n) is 5.83. The minimum Gasteiger partial charge on any atom is -0.510 e. The van der Waals surface area contributed by atoms with Crippen LogP contribution in [0.3, 0.4) is 0 Å². The molecule has 0 aromatic heterocycles. The Morgan fingerprint density at radius 1 is 1.14 bits per heavy atom. The Balaban J connectivity index is 2.29. The van der Waals surface area contributed by atoms with Crippen molar-refractivity contribution in [2.75, 3.05) is 26.1 Å². The summed E-state index contributed by atoms with van der Waals surface area (Å²) in [5.41, 5.74) is 7.20. The van der Waals surface area contributed by atoms with Crippen molar-refractivity contribution in [3.8, 4) is 11.5 Å². The Morgan fingerprint density at radius 3 is 2.50 bits per heavy atom. The number of nitrogens with two attached hydrogens (primary N) is 1. The normalized spacial score (nSPS) is 11.9. The summed E-state index contributed by atoms with van der Waals surface area (Å²) >= 11 is 0. The predicted octanol–water partition coefficient (Wildman–Crippen LogP) is 3.72. The van der Waals surface area contributed by atoms with Crippen LogP contribution < -0.4 is 20.5 Å². The molecule has 2 rings (SSSR count). The largest absolute Gasteiger partial charge is 0.510 e. The van der Waals surface area contributed by atoms with Crippen molar-refractivity contribution in [1.82, 2.24) is 0 Å². The van der Waals surface area contributed by atoms with Gasteiger partial charge in [-0.1, -0.05) is 18.2 Å². The van der Waals surface area contributed by atoms with Gasteiger partial charge in [0.15, 0.2) is 5.70 Å². The Labute approximate surface area is 163 Å². The number of rotatable bonds is 8. The van der Waals surface area contributed by atoms with Gasteiger partial charge in [-0.25, -0.2) is 0 Å². The van der Waals surface area contributed by atoms with E-state index >= 15 is 0 Å². The number of nitrogens with one attached hydrogen (secondary N) is 1. The smallest absolute Gasteiger partial charge is 0.279 e. The maximum Gasteiger partial charge on any atom is 0.279 e. The van der Waals surface area contributed by atoms with Crippen molar-refractivity contribution in [2.24, 2.45) is 16.0 Å². The fraction of sp³-hybridized carbons (Fsp3) is 0.250. The van der Waals surface area contributed by atoms with E-state index in [-0.39, 0.29) is 11.5 Å². The van der Waals surface area contributed by atoms with Crippen LogP contribution in [-0.4, -0.2) is 31.8 Å². The van der Waals surface area contributed by atoms with E-state index in [0.717, 1.165) is 5.56 Å². The van der Waals surface area contributed by atoms with Crippen molar-refractivity contribution in [2.45, 2.75) is 13.3 Å². The number of carbonyl (C=O) groups is 1. The number of para-hydroxylation sites is 2. The zero-order chi connectivity index (χ0) is 20.5. The van der Waals surface area contributed by atoms with Crippen LogP contribution in [0.5, 0.6) is 11.5 Å². The summed E-state index contributed by atoms with van der Waals surface area (Å²) in [6.45, 7) is 1.85. The highest BCUT2D eigenvalue weighted by atomic mass is 16.5. The summed E-state index contributed by atoms with van der Waals surface area (Å²) < 4.78 is 10.5. The van der Waals surface area contributed by atoms with E-state index in [1.54, 1.807) is 36.4 Å². The molecular formula is C20H24N4O4. The molecule has 0 aliphatic rings. The van der Waals surface area contributed by atoms with Crippen molar-refractivity contribution in [1.29, 1.82) is 0 Å². The van der Waals surface area contributed by atoms with Crippen LogP contribution in [0.15, 0.2) is 64.1 Å². The van der Waals surface area contributed by atoms with Gasteiger partial charge in [0.05, 0.1) is 19.9 Å². The van der Waals surface area contributed by atoms with E-state index in [1.807, 2.05) is 6.07 Å². The van der Waals surface area contributed by atoms with E-state index in [2.05, 4.69) is 15.5 Å². The number of methoxy groups -OCH3 is 2. The number of nitrogens with zero attached hydrogens (tertiary/aromatic N) is 2. The van der Waals surface area contributed by atoms with Gasteiger partial charge in [-0.3, -0.25) is 4.79 Å². The summed E-state index contributed by atoms with van der Waals surface area (Å²) in [5, 5.41) is 20.6. The lowest BCUT2D eigenvalue weighted by atomic mass is 10.1. The molecule has 0 saturated carbocycles. The van der Waals surface area contributed by atoms with Crippen LogP contribution in [0.1, 0.15) is 12.5 Å². The van der Waals surface area contributed by atoms with Crippen molar-refractivity contribution >= 4 is 17.3 Å². The summed E-state index contributed by atoms with van der Waals surface area (Å²) in [7, 11) is 3.01. The van der Waals surface area contributed by atoms with Crippen molar-refractivity contribution in [3.63, 3.8) is 0 Å². The number of carbonyl (C=O) groups excluding carboxylic acids is 1. The molecule has 0 radical (unpaired) electrons. The third-order valence-corrected chi connectivity index (χ3v) is 3.85. The molecule has 0 aliphatic heterocycles. The van der Waals surface area contributed by atoms with Crippen LogP contribution in [0.4, 0.5) is 11.4 Å². The molecule has 0 heterocycles. The van der Waals surface area contributed by atoms with Gasteiger partial charge in [-0.05, 0) is 49.7 Å². The van der Waals surface area contributed by atoms with Gasteiger partial charge in [-0.2, -0.15) is 0 Å². The predicted molar refractivity (Wildman–Crippen MR) is 107 cm³/mol. The number of amides is 1. The molecule has 28 heavy (non-hydrogen) atoms. The molecule has 0 unspecified atom stereocenters. The SMILES string of the molecule is COc1ccc(CCN)cc1N=NC(C(=O)Nc1ccccc1OC)=C(C)O. The minimum absolute atomic E-state index is 0.225. The average molecular weight is 384 g/mol. The Morgan fingerprint density at radius 2 is 1.86 bits per heavy atom. The lowest BCUT2D eigenvalue weighted by Crippen LogP contribution is -2.15. The summed E-state index contributed by atoms with van der Waals surface area (Å²) in [5.74, 6) is 0.0852. The highest BCUT2D eigenvalue weighted by Gasteiger charge is 2.16. The van der Waals surface area contributed by atoms with E-state index < -0.39 is 5.91 Å². The van der Waals surface area contributed by atoms with Crippen LogP contribution in [0.25, 0.3) is 0 Å². The molecule has 8 nitrogen and oxygen atoms in total. The van der Waals surface area contributed by atoms with Crippen LogP contribution in [-0.2, 0) is 11.2 Å². The van der Waals surface area contributed by atoms with Gasteiger partial charge >= 0.3 is 0 Å². The number of anilines is 1. The van der Waals surface area contributed by atoms with Gasteiger partial charge in [0.2, 0.25) is 0 Å². The first-order valence-electron chi connectivity index (χ1n) is 8.63. The zero-order valence-corrected chi connectivity index (χ0v) is 16.1. The zero-order valence-electron chi connectivity index (χ0n) is 16.1. The molecule has 4 N–H and O–H groups in total. The Bertz CT molecular complexity index is 890. The summed E-state index contributed by atoms with van der Waals surface area (Å²) in [6, 6.07) is 12.3. The number of allylic oxidation sites excluding steroid dienone is 1. The van der Waals surface area contributed by atoms with Crippen LogP contribution >= 0.6 is 0 Å².